The molecule has 3 heteroatoms. The van der Waals surface area contributed by atoms with Crippen molar-refractivity contribution in [1.82, 2.24) is 4.90 Å². The van der Waals surface area contributed by atoms with Crippen LogP contribution in [0, 0.1) is 0 Å². The van der Waals surface area contributed by atoms with Gasteiger partial charge in [-0.15, -0.1) is 11.3 Å². The highest BCUT2D eigenvalue weighted by Crippen LogP contribution is 2.35. The number of fused-ring (bicyclic) bond motifs is 1. The van der Waals surface area contributed by atoms with Crippen molar-refractivity contribution in [2.24, 2.45) is 0 Å². The van der Waals surface area contributed by atoms with Crippen molar-refractivity contribution in [3.05, 3.63) is 35.2 Å². The first-order chi connectivity index (χ1) is 7.94. The van der Waals surface area contributed by atoms with Crippen molar-refractivity contribution >= 4 is 21.4 Å². The normalized spacial score (nSPS) is 14.5. The van der Waals surface area contributed by atoms with Gasteiger partial charge in [-0.05, 0) is 44.8 Å². The first-order valence-corrected chi connectivity index (χ1v) is 6.64. The minimum Gasteiger partial charge on any atom is -0.386 e. The zero-order chi connectivity index (χ0) is 12.6. The van der Waals surface area contributed by atoms with E-state index in [1.54, 1.807) is 11.3 Å². The molecule has 0 aliphatic heterocycles. The Hall–Kier alpha value is -0.900. The molecule has 1 N–H and O–H groups in total. The molecule has 0 bridgehead atoms. The summed E-state index contributed by atoms with van der Waals surface area (Å²) in [6, 6.07) is 8.22. The Kier molecular flexibility index (Phi) is 3.25. The molecule has 2 nitrogen and oxygen atoms in total. The van der Waals surface area contributed by atoms with Crippen LogP contribution in [0.4, 0.5) is 0 Å². The molecule has 1 aromatic heterocycles. The van der Waals surface area contributed by atoms with E-state index >= 15 is 0 Å². The molecule has 1 aromatic carbocycles. The predicted molar refractivity (Wildman–Crippen MR) is 74.6 cm³/mol. The van der Waals surface area contributed by atoms with E-state index in [0.717, 1.165) is 5.56 Å². The van der Waals surface area contributed by atoms with Gasteiger partial charge in [0.25, 0.3) is 0 Å². The molecule has 0 amide bonds. The van der Waals surface area contributed by atoms with Gasteiger partial charge in [0.2, 0.25) is 0 Å². The molecular weight excluding hydrogens is 230 g/mol. The maximum Gasteiger partial charge on any atom is 0.0981 e. The van der Waals surface area contributed by atoms with Crippen LogP contribution in [0.5, 0.6) is 0 Å². The Morgan fingerprint density at radius 1 is 1.24 bits per heavy atom. The van der Waals surface area contributed by atoms with Gasteiger partial charge in [0.05, 0.1) is 6.10 Å². The van der Waals surface area contributed by atoms with E-state index in [1.165, 1.54) is 10.1 Å². The zero-order valence-corrected chi connectivity index (χ0v) is 11.6. The van der Waals surface area contributed by atoms with E-state index < -0.39 is 6.10 Å². The van der Waals surface area contributed by atoms with Gasteiger partial charge in [-0.1, -0.05) is 18.2 Å². The van der Waals surface area contributed by atoms with E-state index in [-0.39, 0.29) is 5.54 Å². The summed E-state index contributed by atoms with van der Waals surface area (Å²) in [4.78, 5) is 2.06. The van der Waals surface area contributed by atoms with Crippen LogP contribution < -0.4 is 0 Å². The van der Waals surface area contributed by atoms with Crippen molar-refractivity contribution < 1.29 is 5.11 Å². The van der Waals surface area contributed by atoms with E-state index in [4.69, 9.17) is 0 Å². The van der Waals surface area contributed by atoms with Crippen molar-refractivity contribution in [3.8, 4) is 0 Å². The minimum atomic E-state index is -0.486. The van der Waals surface area contributed by atoms with Crippen LogP contribution in [0.25, 0.3) is 10.1 Å². The second-order valence-electron chi connectivity index (χ2n) is 5.14. The highest BCUT2D eigenvalue weighted by atomic mass is 32.1. The zero-order valence-electron chi connectivity index (χ0n) is 10.8. The molecule has 0 saturated heterocycles. The number of aliphatic hydroxyl groups excluding tert-OH is 1. The number of benzene rings is 1. The fraction of sp³-hybridized carbons (Fsp3) is 0.429. The molecule has 0 radical (unpaired) electrons. The van der Waals surface area contributed by atoms with Crippen LogP contribution in [-0.4, -0.2) is 29.6 Å². The van der Waals surface area contributed by atoms with Crippen LogP contribution in [-0.2, 0) is 0 Å². The minimum absolute atomic E-state index is 0.279. The van der Waals surface area contributed by atoms with Gasteiger partial charge in [-0.25, -0.2) is 0 Å². The standard InChI is InChI=1S/C14H19NOS/c1-14(2,15(3)4)13(16)11-7-5-6-10-8-9-17-12(10)11/h5-9,13,16H,1-4H3. The summed E-state index contributed by atoms with van der Waals surface area (Å²) in [7, 11) is 4.00. The Labute approximate surface area is 106 Å². The number of hydrogen-bond acceptors (Lipinski definition) is 3. The quantitative estimate of drug-likeness (QED) is 0.902. The van der Waals surface area contributed by atoms with Gasteiger partial charge >= 0.3 is 0 Å². The first-order valence-electron chi connectivity index (χ1n) is 5.76. The lowest BCUT2D eigenvalue weighted by Gasteiger charge is -2.37. The van der Waals surface area contributed by atoms with E-state index in [9.17, 15) is 5.11 Å². The number of likely N-dealkylation sites (N-methyl/N-ethyl adjacent to an activating group) is 1. The molecule has 0 aliphatic carbocycles. The Bertz CT molecular complexity index is 516. The highest BCUT2D eigenvalue weighted by Gasteiger charge is 2.32. The molecule has 1 atom stereocenters. The summed E-state index contributed by atoms with van der Waals surface area (Å²) in [5.41, 5.74) is 0.745. The third-order valence-corrected chi connectivity index (χ3v) is 4.61. The van der Waals surface area contributed by atoms with Crippen LogP contribution in [0.1, 0.15) is 25.5 Å². The number of rotatable bonds is 3. The lowest BCUT2D eigenvalue weighted by Crippen LogP contribution is -2.43. The van der Waals surface area contributed by atoms with Gasteiger partial charge in [0.1, 0.15) is 0 Å². The molecule has 0 fully saturated rings. The number of nitrogens with zero attached hydrogens (tertiary/aromatic N) is 1. The molecular formula is C14H19NOS. The lowest BCUT2D eigenvalue weighted by molar-refractivity contribution is 0.0174. The second-order valence-corrected chi connectivity index (χ2v) is 6.05. The molecule has 1 unspecified atom stereocenters. The van der Waals surface area contributed by atoms with E-state index in [0.29, 0.717) is 0 Å². The van der Waals surface area contributed by atoms with Crippen LogP contribution in [0.2, 0.25) is 0 Å². The molecule has 0 spiro atoms. The summed E-state index contributed by atoms with van der Waals surface area (Å²) < 4.78 is 1.19. The largest absolute Gasteiger partial charge is 0.386 e. The Morgan fingerprint density at radius 3 is 2.59 bits per heavy atom. The maximum absolute atomic E-state index is 10.6. The predicted octanol–water partition coefficient (Wildman–Crippen LogP) is 3.27. The van der Waals surface area contributed by atoms with Crippen LogP contribution in [0.3, 0.4) is 0 Å². The summed E-state index contributed by atoms with van der Waals surface area (Å²) >= 11 is 1.69. The van der Waals surface area contributed by atoms with Crippen LogP contribution >= 0.6 is 11.3 Å². The smallest absolute Gasteiger partial charge is 0.0981 e. The van der Waals surface area contributed by atoms with Gasteiger partial charge in [-0.3, -0.25) is 0 Å². The molecule has 1 heterocycles. The molecule has 0 saturated carbocycles. The van der Waals surface area contributed by atoms with Crippen molar-refractivity contribution in [1.29, 1.82) is 0 Å². The third-order valence-electron chi connectivity index (χ3n) is 3.63. The van der Waals surface area contributed by atoms with Crippen molar-refractivity contribution in [2.75, 3.05) is 14.1 Å². The first kappa shape index (κ1) is 12.6. The average Bonchev–Trinajstić information content (AvgIpc) is 2.75. The van der Waals surface area contributed by atoms with Crippen LogP contribution in [0.15, 0.2) is 29.6 Å². The van der Waals surface area contributed by atoms with Gasteiger partial charge in [0, 0.05) is 15.8 Å². The fourth-order valence-electron chi connectivity index (χ4n) is 1.86. The Balaban J connectivity index is 2.50. The summed E-state index contributed by atoms with van der Waals surface area (Å²) in [5, 5.41) is 13.9. The topological polar surface area (TPSA) is 23.5 Å². The Morgan fingerprint density at radius 2 is 1.94 bits per heavy atom. The van der Waals surface area contributed by atoms with E-state index in [2.05, 4.69) is 36.3 Å². The summed E-state index contributed by atoms with van der Waals surface area (Å²) in [5.74, 6) is 0. The summed E-state index contributed by atoms with van der Waals surface area (Å²) in [6.07, 6.45) is -0.486. The number of aliphatic hydroxyl groups is 1. The maximum atomic E-state index is 10.6. The number of hydrogen-bond donors (Lipinski definition) is 1. The van der Waals surface area contributed by atoms with Crippen molar-refractivity contribution in [2.45, 2.75) is 25.5 Å². The molecule has 92 valence electrons. The lowest BCUT2D eigenvalue weighted by atomic mass is 9.90. The molecule has 17 heavy (non-hydrogen) atoms. The molecule has 0 aliphatic rings. The molecule has 2 rings (SSSR count). The monoisotopic (exact) mass is 249 g/mol. The van der Waals surface area contributed by atoms with Gasteiger partial charge in [-0.2, -0.15) is 0 Å². The average molecular weight is 249 g/mol. The third kappa shape index (κ3) is 2.10. The summed E-state index contributed by atoms with van der Waals surface area (Å²) in [6.45, 7) is 4.12. The van der Waals surface area contributed by atoms with Gasteiger partial charge in [0.15, 0.2) is 0 Å². The van der Waals surface area contributed by atoms with Crippen molar-refractivity contribution in [3.63, 3.8) is 0 Å². The molecule has 2 aromatic rings. The second kappa shape index (κ2) is 4.41. The van der Waals surface area contributed by atoms with Gasteiger partial charge < -0.3 is 10.0 Å². The van der Waals surface area contributed by atoms with E-state index in [1.807, 2.05) is 26.2 Å². The number of thiophene rings is 1. The highest BCUT2D eigenvalue weighted by molar-refractivity contribution is 7.17. The fourth-order valence-corrected chi connectivity index (χ4v) is 2.80. The SMILES string of the molecule is CN(C)C(C)(C)C(O)c1cccc2ccsc12.